The molecular weight excluding hydrogens is 156 g/mol. The van der Waals surface area contributed by atoms with Crippen molar-refractivity contribution in [3.8, 4) is 0 Å². The third-order valence-electron chi connectivity index (χ3n) is 2.70. The van der Waals surface area contributed by atoms with Crippen molar-refractivity contribution >= 4 is 5.97 Å². The Morgan fingerprint density at radius 2 is 2.50 bits per heavy atom. The van der Waals surface area contributed by atoms with Gasteiger partial charge in [-0.05, 0) is 12.3 Å². The standard InChI is InChI=1S/C9H14O3/c1-3-7(2)9(8(10)11)4-5-12-6-9/h3,7H,1,4-6H2,2H3,(H,10,11). The van der Waals surface area contributed by atoms with E-state index in [-0.39, 0.29) is 5.92 Å². The fraction of sp³-hybridized carbons (Fsp3) is 0.667. The minimum absolute atomic E-state index is 0.0301. The van der Waals surface area contributed by atoms with E-state index in [0.717, 1.165) is 0 Å². The molecule has 1 N–H and O–H groups in total. The second-order valence-electron chi connectivity index (χ2n) is 3.29. The first kappa shape index (κ1) is 9.26. The molecule has 0 amide bonds. The first-order valence-corrected chi connectivity index (χ1v) is 4.07. The van der Waals surface area contributed by atoms with Crippen molar-refractivity contribution in [1.29, 1.82) is 0 Å². The number of carboxylic acids is 1. The molecule has 3 heteroatoms. The third kappa shape index (κ3) is 1.25. The molecule has 1 rings (SSSR count). The molecule has 1 saturated heterocycles. The number of hydrogen-bond donors (Lipinski definition) is 1. The van der Waals surface area contributed by atoms with Gasteiger partial charge in [-0.3, -0.25) is 4.79 Å². The topological polar surface area (TPSA) is 46.5 Å². The van der Waals surface area contributed by atoms with Crippen LogP contribution >= 0.6 is 0 Å². The Morgan fingerprint density at radius 1 is 1.83 bits per heavy atom. The molecule has 2 unspecified atom stereocenters. The highest BCUT2D eigenvalue weighted by Gasteiger charge is 2.45. The molecule has 1 aliphatic rings. The summed E-state index contributed by atoms with van der Waals surface area (Å²) in [7, 11) is 0. The number of rotatable bonds is 3. The quantitative estimate of drug-likeness (QED) is 0.649. The van der Waals surface area contributed by atoms with Crippen LogP contribution in [0.2, 0.25) is 0 Å². The van der Waals surface area contributed by atoms with E-state index in [4.69, 9.17) is 9.84 Å². The van der Waals surface area contributed by atoms with E-state index >= 15 is 0 Å². The highest BCUT2D eigenvalue weighted by Crippen LogP contribution is 2.37. The first-order chi connectivity index (χ1) is 5.63. The number of allylic oxidation sites excluding steroid dienone is 1. The number of carbonyl (C=O) groups is 1. The maximum absolute atomic E-state index is 11.0. The van der Waals surface area contributed by atoms with E-state index in [1.165, 1.54) is 0 Å². The lowest BCUT2D eigenvalue weighted by Gasteiger charge is -2.26. The van der Waals surface area contributed by atoms with Gasteiger partial charge in [0.25, 0.3) is 0 Å². The molecule has 0 spiro atoms. The SMILES string of the molecule is C=CC(C)C1(C(=O)O)CCOC1. The molecule has 2 atom stereocenters. The van der Waals surface area contributed by atoms with Crippen LogP contribution in [0.4, 0.5) is 0 Å². The summed E-state index contributed by atoms with van der Waals surface area (Å²) in [6, 6.07) is 0. The van der Waals surface area contributed by atoms with Gasteiger partial charge in [-0.1, -0.05) is 13.0 Å². The largest absolute Gasteiger partial charge is 0.481 e. The summed E-state index contributed by atoms with van der Waals surface area (Å²) in [5.41, 5.74) is -0.720. The summed E-state index contributed by atoms with van der Waals surface area (Å²) in [5.74, 6) is -0.801. The van der Waals surface area contributed by atoms with Crippen molar-refractivity contribution in [2.24, 2.45) is 11.3 Å². The van der Waals surface area contributed by atoms with E-state index in [9.17, 15) is 4.79 Å². The second-order valence-corrected chi connectivity index (χ2v) is 3.29. The molecule has 0 radical (unpaired) electrons. The van der Waals surface area contributed by atoms with Crippen LogP contribution in [-0.2, 0) is 9.53 Å². The number of carboxylic acid groups (broad SMARTS) is 1. The van der Waals surface area contributed by atoms with Gasteiger partial charge in [-0.25, -0.2) is 0 Å². The maximum atomic E-state index is 11.0. The zero-order valence-electron chi connectivity index (χ0n) is 7.25. The van der Waals surface area contributed by atoms with Crippen LogP contribution in [-0.4, -0.2) is 24.3 Å². The molecule has 68 valence electrons. The maximum Gasteiger partial charge on any atom is 0.312 e. The molecular formula is C9H14O3. The second kappa shape index (κ2) is 3.27. The van der Waals surface area contributed by atoms with Crippen molar-refractivity contribution in [2.45, 2.75) is 13.3 Å². The molecule has 0 aromatic carbocycles. The zero-order chi connectivity index (χ0) is 9.19. The van der Waals surface area contributed by atoms with Crippen LogP contribution in [0.3, 0.4) is 0 Å². The highest BCUT2D eigenvalue weighted by atomic mass is 16.5. The Labute approximate surface area is 72.0 Å². The molecule has 1 heterocycles. The van der Waals surface area contributed by atoms with Crippen LogP contribution in [0.5, 0.6) is 0 Å². The molecule has 12 heavy (non-hydrogen) atoms. The van der Waals surface area contributed by atoms with Gasteiger partial charge in [-0.15, -0.1) is 6.58 Å². The van der Waals surface area contributed by atoms with Gasteiger partial charge in [0.2, 0.25) is 0 Å². The Balaban J connectivity index is 2.85. The highest BCUT2D eigenvalue weighted by molar-refractivity contribution is 5.75. The van der Waals surface area contributed by atoms with Gasteiger partial charge < -0.3 is 9.84 Å². The summed E-state index contributed by atoms with van der Waals surface area (Å²) >= 11 is 0. The van der Waals surface area contributed by atoms with Crippen molar-refractivity contribution < 1.29 is 14.6 Å². The van der Waals surface area contributed by atoms with Crippen LogP contribution in [0.1, 0.15) is 13.3 Å². The fourth-order valence-electron chi connectivity index (χ4n) is 1.53. The summed E-state index contributed by atoms with van der Waals surface area (Å²) in [5, 5.41) is 9.04. The summed E-state index contributed by atoms with van der Waals surface area (Å²) in [6.07, 6.45) is 2.28. The predicted octanol–water partition coefficient (Wildman–Crippen LogP) is 1.30. The monoisotopic (exact) mass is 170 g/mol. The summed E-state index contributed by atoms with van der Waals surface area (Å²) in [6.45, 7) is 6.35. The van der Waals surface area contributed by atoms with Crippen molar-refractivity contribution in [3.63, 3.8) is 0 Å². The minimum atomic E-state index is -0.771. The molecule has 0 bridgehead atoms. The van der Waals surface area contributed by atoms with Gasteiger partial charge in [0.1, 0.15) is 0 Å². The van der Waals surface area contributed by atoms with Gasteiger partial charge in [0, 0.05) is 6.61 Å². The Bertz CT molecular complexity index is 192. The lowest BCUT2D eigenvalue weighted by atomic mass is 9.76. The molecule has 1 aliphatic heterocycles. The van der Waals surface area contributed by atoms with Crippen molar-refractivity contribution in [1.82, 2.24) is 0 Å². The van der Waals surface area contributed by atoms with Crippen LogP contribution < -0.4 is 0 Å². The van der Waals surface area contributed by atoms with Crippen molar-refractivity contribution in [2.75, 3.05) is 13.2 Å². The Hall–Kier alpha value is -0.830. The Morgan fingerprint density at radius 3 is 2.83 bits per heavy atom. The average molecular weight is 170 g/mol. The average Bonchev–Trinajstić information content (AvgIpc) is 2.52. The molecule has 1 fully saturated rings. The number of hydrogen-bond acceptors (Lipinski definition) is 2. The van der Waals surface area contributed by atoms with Gasteiger partial charge in [0.05, 0.1) is 12.0 Å². The van der Waals surface area contributed by atoms with Crippen LogP contribution in [0.15, 0.2) is 12.7 Å². The molecule has 0 aromatic rings. The number of aliphatic carboxylic acids is 1. The normalized spacial score (nSPS) is 31.4. The number of ether oxygens (including phenoxy) is 1. The van der Waals surface area contributed by atoms with Crippen LogP contribution in [0, 0.1) is 11.3 Å². The van der Waals surface area contributed by atoms with Gasteiger partial charge in [-0.2, -0.15) is 0 Å². The van der Waals surface area contributed by atoms with E-state index in [1.807, 2.05) is 6.92 Å². The lowest BCUT2D eigenvalue weighted by molar-refractivity contribution is -0.151. The summed E-state index contributed by atoms with van der Waals surface area (Å²) < 4.78 is 5.12. The smallest absolute Gasteiger partial charge is 0.312 e. The third-order valence-corrected chi connectivity index (χ3v) is 2.70. The molecule has 3 nitrogen and oxygen atoms in total. The molecule has 0 saturated carbocycles. The van der Waals surface area contributed by atoms with Gasteiger partial charge in [0.15, 0.2) is 0 Å². The van der Waals surface area contributed by atoms with Crippen molar-refractivity contribution in [3.05, 3.63) is 12.7 Å². The van der Waals surface area contributed by atoms with E-state index in [2.05, 4.69) is 6.58 Å². The molecule has 0 aliphatic carbocycles. The Kier molecular flexibility index (Phi) is 2.52. The lowest BCUT2D eigenvalue weighted by Crippen LogP contribution is -2.37. The molecule has 0 aromatic heterocycles. The van der Waals surface area contributed by atoms with E-state index < -0.39 is 11.4 Å². The minimum Gasteiger partial charge on any atom is -0.481 e. The fourth-order valence-corrected chi connectivity index (χ4v) is 1.53. The first-order valence-electron chi connectivity index (χ1n) is 4.07. The van der Waals surface area contributed by atoms with Gasteiger partial charge >= 0.3 is 5.97 Å². The summed E-state index contributed by atoms with van der Waals surface area (Å²) in [4.78, 5) is 11.0. The van der Waals surface area contributed by atoms with Crippen LogP contribution in [0.25, 0.3) is 0 Å². The van der Waals surface area contributed by atoms with E-state index in [1.54, 1.807) is 6.08 Å². The zero-order valence-corrected chi connectivity index (χ0v) is 7.25. The van der Waals surface area contributed by atoms with E-state index in [0.29, 0.717) is 19.6 Å². The predicted molar refractivity (Wildman–Crippen MR) is 44.9 cm³/mol.